The summed E-state index contributed by atoms with van der Waals surface area (Å²) in [5, 5.41) is 0. The van der Waals surface area contributed by atoms with Crippen LogP contribution in [0.1, 0.15) is 39.5 Å². The summed E-state index contributed by atoms with van der Waals surface area (Å²) in [6, 6.07) is -0.194. The highest BCUT2D eigenvalue weighted by Crippen LogP contribution is 2.13. The molecule has 1 saturated heterocycles. The minimum Gasteiger partial charge on any atom is -0.469 e. The number of carbonyl (C=O) groups excluding carboxylic acids is 2. The topological polar surface area (TPSA) is 49.9 Å². The number of nitrogens with zero attached hydrogens (tertiary/aromatic N) is 2. The summed E-state index contributed by atoms with van der Waals surface area (Å²) < 4.78 is 4.73. The molecular formula is C15H28N2O3. The van der Waals surface area contributed by atoms with Crippen molar-refractivity contribution >= 4 is 11.9 Å². The zero-order valence-electron chi connectivity index (χ0n) is 13.2. The molecule has 0 bridgehead atoms. The van der Waals surface area contributed by atoms with Crippen molar-refractivity contribution < 1.29 is 14.3 Å². The lowest BCUT2D eigenvalue weighted by Crippen LogP contribution is -2.47. The fraction of sp³-hybridized carbons (Fsp3) is 0.867. The lowest BCUT2D eigenvalue weighted by Gasteiger charge is -2.30. The number of likely N-dealkylation sites (N-methyl/N-ethyl adjacent to an activating group) is 1. The number of esters is 1. The second kappa shape index (κ2) is 8.25. The van der Waals surface area contributed by atoms with E-state index in [0.717, 1.165) is 25.9 Å². The van der Waals surface area contributed by atoms with Crippen LogP contribution in [0.15, 0.2) is 0 Å². The van der Waals surface area contributed by atoms with Crippen LogP contribution in [-0.4, -0.2) is 61.5 Å². The predicted octanol–water partition coefficient (Wildman–Crippen LogP) is 1.52. The summed E-state index contributed by atoms with van der Waals surface area (Å²) >= 11 is 0. The molecule has 5 nitrogen and oxygen atoms in total. The first-order valence-electron chi connectivity index (χ1n) is 7.54. The number of likely N-dealkylation sites (tertiary alicyclic amines) is 1. The Morgan fingerprint density at radius 1 is 1.15 bits per heavy atom. The Morgan fingerprint density at radius 3 is 2.20 bits per heavy atom. The summed E-state index contributed by atoms with van der Waals surface area (Å²) in [5.74, 6) is -0.276. The monoisotopic (exact) mass is 284 g/mol. The number of methoxy groups -OCH3 is 1. The second-order valence-electron chi connectivity index (χ2n) is 5.78. The Kier molecular flexibility index (Phi) is 6.99. The molecule has 2 unspecified atom stereocenters. The van der Waals surface area contributed by atoms with Gasteiger partial charge in [0.15, 0.2) is 0 Å². The number of amides is 1. The third-order valence-corrected chi connectivity index (χ3v) is 4.10. The van der Waals surface area contributed by atoms with Crippen molar-refractivity contribution in [2.75, 3.05) is 33.8 Å². The fourth-order valence-electron chi connectivity index (χ4n) is 2.61. The van der Waals surface area contributed by atoms with Gasteiger partial charge in [-0.05, 0) is 26.8 Å². The van der Waals surface area contributed by atoms with Gasteiger partial charge in [0.2, 0.25) is 5.91 Å². The van der Waals surface area contributed by atoms with Crippen LogP contribution in [0.25, 0.3) is 0 Å². The van der Waals surface area contributed by atoms with Gasteiger partial charge in [0.05, 0.1) is 19.1 Å². The Bertz CT molecular complexity index is 325. The zero-order chi connectivity index (χ0) is 15.1. The zero-order valence-corrected chi connectivity index (χ0v) is 13.2. The molecule has 116 valence electrons. The smallest absolute Gasteiger partial charge is 0.309 e. The molecule has 0 aromatic rings. The van der Waals surface area contributed by atoms with Gasteiger partial charge in [-0.1, -0.05) is 19.8 Å². The van der Waals surface area contributed by atoms with Crippen molar-refractivity contribution in [1.82, 2.24) is 9.80 Å². The molecule has 5 heteroatoms. The average molecular weight is 284 g/mol. The number of ether oxygens (including phenoxy) is 1. The van der Waals surface area contributed by atoms with Gasteiger partial charge in [-0.25, -0.2) is 0 Å². The van der Waals surface area contributed by atoms with E-state index in [1.807, 2.05) is 30.7 Å². The van der Waals surface area contributed by atoms with Crippen LogP contribution in [0.5, 0.6) is 0 Å². The van der Waals surface area contributed by atoms with E-state index in [-0.39, 0.29) is 23.8 Å². The predicted molar refractivity (Wildman–Crippen MR) is 78.3 cm³/mol. The number of hydrogen-bond acceptors (Lipinski definition) is 4. The van der Waals surface area contributed by atoms with Gasteiger partial charge in [-0.2, -0.15) is 0 Å². The van der Waals surface area contributed by atoms with Crippen LogP contribution in [0, 0.1) is 5.92 Å². The Morgan fingerprint density at radius 2 is 1.70 bits per heavy atom. The van der Waals surface area contributed by atoms with E-state index >= 15 is 0 Å². The second-order valence-corrected chi connectivity index (χ2v) is 5.78. The maximum absolute atomic E-state index is 12.5. The molecule has 1 heterocycles. The molecule has 0 radical (unpaired) electrons. The molecule has 0 spiro atoms. The first-order chi connectivity index (χ1) is 9.47. The molecule has 1 rings (SSSR count). The molecule has 0 N–H and O–H groups in total. The van der Waals surface area contributed by atoms with Crippen LogP contribution in [0.3, 0.4) is 0 Å². The lowest BCUT2D eigenvalue weighted by atomic mass is 10.1. The van der Waals surface area contributed by atoms with Crippen molar-refractivity contribution in [3.8, 4) is 0 Å². The van der Waals surface area contributed by atoms with Crippen molar-refractivity contribution in [2.24, 2.45) is 5.92 Å². The van der Waals surface area contributed by atoms with E-state index < -0.39 is 0 Å². The summed E-state index contributed by atoms with van der Waals surface area (Å²) in [6.45, 7) is 6.00. The van der Waals surface area contributed by atoms with E-state index in [4.69, 9.17) is 4.74 Å². The van der Waals surface area contributed by atoms with Crippen molar-refractivity contribution in [3.05, 3.63) is 0 Å². The van der Waals surface area contributed by atoms with Gasteiger partial charge < -0.3 is 9.64 Å². The molecule has 1 aliphatic rings. The van der Waals surface area contributed by atoms with E-state index in [9.17, 15) is 9.59 Å². The third kappa shape index (κ3) is 4.78. The highest BCUT2D eigenvalue weighted by Gasteiger charge is 2.26. The van der Waals surface area contributed by atoms with E-state index in [2.05, 4.69) is 0 Å². The molecular weight excluding hydrogens is 256 g/mol. The number of rotatable bonds is 5. The lowest BCUT2D eigenvalue weighted by molar-refractivity contribution is -0.146. The molecule has 1 fully saturated rings. The highest BCUT2D eigenvalue weighted by molar-refractivity contribution is 5.81. The molecule has 20 heavy (non-hydrogen) atoms. The summed E-state index contributed by atoms with van der Waals surface area (Å²) in [4.78, 5) is 27.8. The fourth-order valence-corrected chi connectivity index (χ4v) is 2.61. The first-order valence-corrected chi connectivity index (χ1v) is 7.54. The summed E-state index contributed by atoms with van der Waals surface area (Å²) in [7, 11) is 3.28. The molecule has 1 aliphatic heterocycles. The molecule has 0 aromatic heterocycles. The summed E-state index contributed by atoms with van der Waals surface area (Å²) in [6.07, 6.45) is 4.63. The van der Waals surface area contributed by atoms with E-state index in [1.165, 1.54) is 20.0 Å². The summed E-state index contributed by atoms with van der Waals surface area (Å²) in [5.41, 5.74) is 0. The number of carbonyl (C=O) groups is 2. The maximum Gasteiger partial charge on any atom is 0.309 e. The van der Waals surface area contributed by atoms with Crippen molar-refractivity contribution in [3.63, 3.8) is 0 Å². The van der Waals surface area contributed by atoms with E-state index in [0.29, 0.717) is 6.54 Å². The van der Waals surface area contributed by atoms with Gasteiger partial charge in [-0.3, -0.25) is 14.5 Å². The minimum absolute atomic E-state index is 0.173. The quantitative estimate of drug-likeness (QED) is 0.718. The van der Waals surface area contributed by atoms with Crippen LogP contribution in [-0.2, 0) is 14.3 Å². The van der Waals surface area contributed by atoms with Crippen molar-refractivity contribution in [1.29, 1.82) is 0 Å². The average Bonchev–Trinajstić information content (AvgIpc) is 2.73. The van der Waals surface area contributed by atoms with Gasteiger partial charge in [0.25, 0.3) is 0 Å². The Labute approximate surface area is 122 Å². The van der Waals surface area contributed by atoms with Crippen LogP contribution < -0.4 is 0 Å². The third-order valence-electron chi connectivity index (χ3n) is 4.10. The molecule has 0 aliphatic carbocycles. The molecule has 0 aromatic carbocycles. The molecule has 2 atom stereocenters. The maximum atomic E-state index is 12.5. The van der Waals surface area contributed by atoms with E-state index in [1.54, 1.807) is 0 Å². The minimum atomic E-state index is -0.230. The normalized spacial score (nSPS) is 19.4. The first kappa shape index (κ1) is 17.0. The Hall–Kier alpha value is -1.10. The number of hydrogen-bond donors (Lipinski definition) is 0. The molecule has 1 amide bonds. The van der Waals surface area contributed by atoms with Crippen LogP contribution in [0.4, 0.5) is 0 Å². The van der Waals surface area contributed by atoms with Gasteiger partial charge in [0.1, 0.15) is 0 Å². The van der Waals surface area contributed by atoms with Gasteiger partial charge in [-0.15, -0.1) is 0 Å². The largest absolute Gasteiger partial charge is 0.469 e. The van der Waals surface area contributed by atoms with Gasteiger partial charge in [0, 0.05) is 19.6 Å². The SMILES string of the molecule is COC(=O)C(C)CN(C)C(C)C(=O)N1CCCCCC1. The molecule has 0 saturated carbocycles. The van der Waals surface area contributed by atoms with Crippen LogP contribution >= 0.6 is 0 Å². The highest BCUT2D eigenvalue weighted by atomic mass is 16.5. The van der Waals surface area contributed by atoms with Gasteiger partial charge >= 0.3 is 5.97 Å². The standard InChI is InChI=1S/C15H28N2O3/c1-12(15(19)20-4)11-16(3)13(2)14(18)17-9-7-5-6-8-10-17/h12-13H,5-11H2,1-4H3. The van der Waals surface area contributed by atoms with Crippen LogP contribution in [0.2, 0.25) is 0 Å². The van der Waals surface area contributed by atoms with Crippen molar-refractivity contribution in [2.45, 2.75) is 45.6 Å². The Balaban J connectivity index is 2.51.